The molecule has 1 rings (SSSR count). The molecule has 0 aromatic carbocycles. The molecule has 5 heteroatoms. The number of rotatable bonds is 2. The van der Waals surface area contributed by atoms with E-state index in [2.05, 4.69) is 5.32 Å². The van der Waals surface area contributed by atoms with Gasteiger partial charge in [0.2, 0.25) is 0 Å². The van der Waals surface area contributed by atoms with Crippen LogP contribution in [0.2, 0.25) is 0 Å². The van der Waals surface area contributed by atoms with Gasteiger partial charge < -0.3 is 5.32 Å². The summed E-state index contributed by atoms with van der Waals surface area (Å²) in [5.41, 5.74) is 0. The zero-order valence-corrected chi connectivity index (χ0v) is 8.40. The van der Waals surface area contributed by atoms with Gasteiger partial charge in [0.05, 0.1) is 6.42 Å². The highest BCUT2D eigenvalue weighted by Crippen LogP contribution is 2.23. The van der Waals surface area contributed by atoms with E-state index >= 15 is 0 Å². The number of halogens is 3. The standard InChI is InChI=1S/C9H17F3N2/c1-8(7-9(10,11)12)14-5-2-3-13-4-6-14/h8,13H,2-7H2,1H3. The lowest BCUT2D eigenvalue weighted by molar-refractivity contribution is -0.145. The molecule has 1 unspecified atom stereocenters. The Hall–Kier alpha value is -0.290. The average Bonchev–Trinajstić information content (AvgIpc) is 2.27. The Labute approximate surface area is 82.5 Å². The molecule has 1 aliphatic heterocycles. The third-order valence-electron chi connectivity index (χ3n) is 2.52. The first-order valence-corrected chi connectivity index (χ1v) is 5.00. The van der Waals surface area contributed by atoms with Crippen molar-refractivity contribution in [3.63, 3.8) is 0 Å². The minimum atomic E-state index is -4.04. The highest BCUT2D eigenvalue weighted by atomic mass is 19.4. The summed E-state index contributed by atoms with van der Waals surface area (Å²) in [7, 11) is 0. The molecule has 1 heterocycles. The first-order valence-electron chi connectivity index (χ1n) is 5.00. The molecule has 1 saturated heterocycles. The SMILES string of the molecule is CC(CC(F)(F)F)N1CCCNCC1. The van der Waals surface area contributed by atoms with Gasteiger partial charge in [-0.15, -0.1) is 0 Å². The third kappa shape index (κ3) is 4.28. The molecule has 0 spiro atoms. The van der Waals surface area contributed by atoms with E-state index in [-0.39, 0.29) is 0 Å². The molecule has 0 aromatic heterocycles. The number of alkyl halides is 3. The summed E-state index contributed by atoms with van der Waals surface area (Å²) in [6, 6.07) is -0.394. The molecule has 0 saturated carbocycles. The van der Waals surface area contributed by atoms with Gasteiger partial charge in [-0.25, -0.2) is 0 Å². The molecular weight excluding hydrogens is 193 g/mol. The van der Waals surface area contributed by atoms with Gasteiger partial charge in [0, 0.05) is 19.1 Å². The second-order valence-corrected chi connectivity index (χ2v) is 3.81. The molecule has 84 valence electrons. The van der Waals surface area contributed by atoms with Crippen LogP contribution in [0, 0.1) is 0 Å². The topological polar surface area (TPSA) is 15.3 Å². The summed E-state index contributed by atoms with van der Waals surface area (Å²) in [6.45, 7) is 4.84. The van der Waals surface area contributed by atoms with Crippen LogP contribution in [-0.2, 0) is 0 Å². The Bertz CT molecular complexity index is 162. The average molecular weight is 210 g/mol. The van der Waals surface area contributed by atoms with E-state index in [1.807, 2.05) is 4.90 Å². The Morgan fingerprint density at radius 2 is 2.00 bits per heavy atom. The second kappa shape index (κ2) is 4.98. The van der Waals surface area contributed by atoms with Crippen LogP contribution in [0.15, 0.2) is 0 Å². The van der Waals surface area contributed by atoms with Crippen molar-refractivity contribution >= 4 is 0 Å². The number of hydrogen-bond acceptors (Lipinski definition) is 2. The zero-order valence-electron chi connectivity index (χ0n) is 8.40. The minimum absolute atomic E-state index is 0.394. The lowest BCUT2D eigenvalue weighted by atomic mass is 10.2. The molecule has 0 amide bonds. The Morgan fingerprint density at radius 1 is 1.29 bits per heavy atom. The lowest BCUT2D eigenvalue weighted by Gasteiger charge is -2.27. The van der Waals surface area contributed by atoms with Crippen LogP contribution in [0.5, 0.6) is 0 Å². The molecule has 1 aliphatic rings. The molecule has 0 radical (unpaired) electrons. The van der Waals surface area contributed by atoms with Gasteiger partial charge in [-0.3, -0.25) is 4.90 Å². The highest BCUT2D eigenvalue weighted by Gasteiger charge is 2.32. The van der Waals surface area contributed by atoms with Gasteiger partial charge in [0.25, 0.3) is 0 Å². The van der Waals surface area contributed by atoms with E-state index in [0.717, 1.165) is 32.6 Å². The molecule has 1 fully saturated rings. The van der Waals surface area contributed by atoms with Crippen molar-refractivity contribution in [1.82, 2.24) is 10.2 Å². The van der Waals surface area contributed by atoms with Crippen LogP contribution < -0.4 is 5.32 Å². The van der Waals surface area contributed by atoms with Gasteiger partial charge in [-0.1, -0.05) is 0 Å². The summed E-state index contributed by atoms with van der Waals surface area (Å²) in [4.78, 5) is 1.91. The smallest absolute Gasteiger partial charge is 0.315 e. The molecule has 1 N–H and O–H groups in total. The molecular formula is C9H17F3N2. The maximum absolute atomic E-state index is 12.1. The van der Waals surface area contributed by atoms with E-state index in [0.29, 0.717) is 0 Å². The predicted octanol–water partition coefficient (Wildman–Crippen LogP) is 1.62. The molecule has 2 nitrogen and oxygen atoms in total. The maximum atomic E-state index is 12.1. The van der Waals surface area contributed by atoms with Crippen molar-refractivity contribution in [2.24, 2.45) is 0 Å². The van der Waals surface area contributed by atoms with Crippen molar-refractivity contribution in [2.75, 3.05) is 26.2 Å². The predicted molar refractivity (Wildman–Crippen MR) is 49.2 cm³/mol. The largest absolute Gasteiger partial charge is 0.390 e. The zero-order chi connectivity index (χ0) is 10.6. The van der Waals surface area contributed by atoms with Crippen molar-refractivity contribution in [1.29, 1.82) is 0 Å². The molecule has 0 bridgehead atoms. The second-order valence-electron chi connectivity index (χ2n) is 3.81. The van der Waals surface area contributed by atoms with Crippen LogP contribution in [0.4, 0.5) is 13.2 Å². The Kier molecular flexibility index (Phi) is 4.19. The quantitative estimate of drug-likeness (QED) is 0.745. The van der Waals surface area contributed by atoms with E-state index in [4.69, 9.17) is 0 Å². The van der Waals surface area contributed by atoms with Crippen molar-refractivity contribution in [3.05, 3.63) is 0 Å². The Morgan fingerprint density at radius 3 is 2.64 bits per heavy atom. The summed E-state index contributed by atoms with van der Waals surface area (Å²) in [5, 5.41) is 3.17. The van der Waals surface area contributed by atoms with Crippen LogP contribution in [0.25, 0.3) is 0 Å². The van der Waals surface area contributed by atoms with Crippen LogP contribution in [-0.4, -0.2) is 43.3 Å². The normalized spacial score (nSPS) is 23.1. The molecule has 14 heavy (non-hydrogen) atoms. The molecule has 0 aliphatic carbocycles. The van der Waals surface area contributed by atoms with Crippen molar-refractivity contribution < 1.29 is 13.2 Å². The van der Waals surface area contributed by atoms with Crippen LogP contribution in [0.3, 0.4) is 0 Å². The third-order valence-corrected chi connectivity index (χ3v) is 2.52. The van der Waals surface area contributed by atoms with Crippen molar-refractivity contribution in [2.45, 2.75) is 32.0 Å². The Balaban J connectivity index is 2.37. The number of nitrogens with one attached hydrogen (secondary N) is 1. The lowest BCUT2D eigenvalue weighted by Crippen LogP contribution is -2.38. The minimum Gasteiger partial charge on any atom is -0.315 e. The van der Waals surface area contributed by atoms with Crippen molar-refractivity contribution in [3.8, 4) is 0 Å². The fraction of sp³-hybridized carbons (Fsp3) is 1.00. The fourth-order valence-corrected chi connectivity index (χ4v) is 1.77. The first-order chi connectivity index (χ1) is 6.49. The number of nitrogens with zero attached hydrogens (tertiary/aromatic N) is 1. The summed E-state index contributed by atoms with van der Waals surface area (Å²) < 4.78 is 36.4. The van der Waals surface area contributed by atoms with Gasteiger partial charge >= 0.3 is 6.18 Å². The van der Waals surface area contributed by atoms with E-state index < -0.39 is 18.6 Å². The summed E-state index contributed by atoms with van der Waals surface area (Å²) in [5.74, 6) is 0. The van der Waals surface area contributed by atoms with Gasteiger partial charge in [-0.2, -0.15) is 13.2 Å². The molecule has 1 atom stereocenters. The van der Waals surface area contributed by atoms with Crippen LogP contribution in [0.1, 0.15) is 19.8 Å². The summed E-state index contributed by atoms with van der Waals surface area (Å²) >= 11 is 0. The summed E-state index contributed by atoms with van der Waals surface area (Å²) in [6.07, 6.45) is -3.81. The monoisotopic (exact) mass is 210 g/mol. The number of hydrogen-bond donors (Lipinski definition) is 1. The highest BCUT2D eigenvalue weighted by molar-refractivity contribution is 4.74. The van der Waals surface area contributed by atoms with E-state index in [1.165, 1.54) is 0 Å². The fourth-order valence-electron chi connectivity index (χ4n) is 1.77. The maximum Gasteiger partial charge on any atom is 0.390 e. The molecule has 0 aromatic rings. The van der Waals surface area contributed by atoms with E-state index in [9.17, 15) is 13.2 Å². The van der Waals surface area contributed by atoms with Gasteiger partial charge in [0.1, 0.15) is 0 Å². The van der Waals surface area contributed by atoms with E-state index in [1.54, 1.807) is 6.92 Å². The first kappa shape index (κ1) is 11.8. The van der Waals surface area contributed by atoms with Gasteiger partial charge in [-0.05, 0) is 26.4 Å². The van der Waals surface area contributed by atoms with Gasteiger partial charge in [0.15, 0.2) is 0 Å². The van der Waals surface area contributed by atoms with Crippen LogP contribution >= 0.6 is 0 Å².